The summed E-state index contributed by atoms with van der Waals surface area (Å²) in [7, 11) is 0. The highest BCUT2D eigenvalue weighted by Gasteiger charge is 2.17. The number of halogens is 1. The van der Waals surface area contributed by atoms with E-state index in [-0.39, 0.29) is 6.04 Å². The van der Waals surface area contributed by atoms with E-state index < -0.39 is 0 Å². The zero-order valence-corrected chi connectivity index (χ0v) is 12.5. The van der Waals surface area contributed by atoms with Crippen molar-refractivity contribution in [1.29, 1.82) is 0 Å². The lowest BCUT2D eigenvalue weighted by molar-refractivity contribution is 0.499. The van der Waals surface area contributed by atoms with Gasteiger partial charge in [0.2, 0.25) is 0 Å². The van der Waals surface area contributed by atoms with Gasteiger partial charge in [0.25, 0.3) is 0 Å². The fraction of sp³-hybridized carbons (Fsp3) is 0.111. The highest BCUT2D eigenvalue weighted by molar-refractivity contribution is 6.30. The molecule has 3 heteroatoms. The topological polar surface area (TPSA) is 25.2 Å². The van der Waals surface area contributed by atoms with Crippen molar-refractivity contribution in [3.63, 3.8) is 0 Å². The smallest absolute Gasteiger partial charge is 0.130 e. The van der Waals surface area contributed by atoms with Gasteiger partial charge in [0.15, 0.2) is 0 Å². The van der Waals surface area contributed by atoms with Gasteiger partial charge in [0.1, 0.15) is 11.8 Å². The molecule has 1 N–H and O–H groups in total. The highest BCUT2D eigenvalue weighted by atomic mass is 35.5. The first-order valence-corrected chi connectivity index (χ1v) is 7.23. The Bertz CT molecular complexity index is 707. The molecule has 0 amide bonds. The van der Waals surface area contributed by atoms with Gasteiger partial charge in [-0.25, -0.2) is 0 Å². The normalized spacial score (nSPS) is 12.1. The molecule has 0 saturated heterocycles. The average molecular weight is 298 g/mol. The molecule has 0 fully saturated rings. The lowest BCUT2D eigenvalue weighted by atomic mass is 10.0. The Morgan fingerprint density at radius 3 is 2.48 bits per heavy atom. The molecular weight excluding hydrogens is 282 g/mol. The average Bonchev–Trinajstić information content (AvgIpc) is 3.01. The number of furan rings is 1. The summed E-state index contributed by atoms with van der Waals surface area (Å²) in [5.41, 5.74) is 3.31. The molecule has 0 saturated carbocycles. The summed E-state index contributed by atoms with van der Waals surface area (Å²) >= 11 is 6.02. The maximum atomic E-state index is 6.02. The molecule has 1 heterocycles. The monoisotopic (exact) mass is 297 g/mol. The molecule has 1 aromatic heterocycles. The van der Waals surface area contributed by atoms with Crippen LogP contribution in [-0.4, -0.2) is 0 Å². The van der Waals surface area contributed by atoms with Crippen LogP contribution in [0, 0.1) is 6.92 Å². The van der Waals surface area contributed by atoms with E-state index in [1.165, 1.54) is 0 Å². The van der Waals surface area contributed by atoms with Crippen molar-refractivity contribution in [2.24, 2.45) is 0 Å². The molecule has 21 heavy (non-hydrogen) atoms. The van der Waals surface area contributed by atoms with E-state index in [2.05, 4.69) is 17.4 Å². The van der Waals surface area contributed by atoms with Crippen LogP contribution in [0.25, 0.3) is 0 Å². The molecule has 0 aliphatic carbocycles. The summed E-state index contributed by atoms with van der Waals surface area (Å²) in [6.07, 6.45) is 1.70. The molecule has 0 aliphatic rings. The Balaban J connectivity index is 1.97. The van der Waals surface area contributed by atoms with Gasteiger partial charge >= 0.3 is 0 Å². The Morgan fingerprint density at radius 2 is 1.81 bits per heavy atom. The molecule has 2 aromatic carbocycles. The highest BCUT2D eigenvalue weighted by Crippen LogP contribution is 2.29. The third-order valence-electron chi connectivity index (χ3n) is 3.45. The summed E-state index contributed by atoms with van der Waals surface area (Å²) in [6.45, 7) is 2.04. The Hall–Kier alpha value is -2.19. The summed E-state index contributed by atoms with van der Waals surface area (Å²) in [5, 5.41) is 4.28. The van der Waals surface area contributed by atoms with Gasteiger partial charge in [0, 0.05) is 10.7 Å². The fourth-order valence-corrected chi connectivity index (χ4v) is 2.59. The van der Waals surface area contributed by atoms with Crippen LogP contribution < -0.4 is 5.32 Å². The van der Waals surface area contributed by atoms with E-state index in [0.29, 0.717) is 0 Å². The van der Waals surface area contributed by atoms with E-state index in [1.54, 1.807) is 6.26 Å². The molecule has 0 aliphatic heterocycles. The van der Waals surface area contributed by atoms with Gasteiger partial charge in [0.05, 0.1) is 6.26 Å². The van der Waals surface area contributed by atoms with Crippen molar-refractivity contribution in [1.82, 2.24) is 0 Å². The molecule has 106 valence electrons. The molecule has 2 nitrogen and oxygen atoms in total. The van der Waals surface area contributed by atoms with Gasteiger partial charge in [-0.3, -0.25) is 0 Å². The Labute approximate surface area is 129 Å². The van der Waals surface area contributed by atoms with E-state index in [9.17, 15) is 0 Å². The minimum atomic E-state index is -0.0268. The number of benzene rings is 2. The summed E-state index contributed by atoms with van der Waals surface area (Å²) in [5.74, 6) is 0.885. The molecule has 1 unspecified atom stereocenters. The molecular formula is C18H16ClNO. The van der Waals surface area contributed by atoms with E-state index in [1.807, 2.05) is 55.5 Å². The minimum absolute atomic E-state index is 0.0268. The Morgan fingerprint density at radius 1 is 1.00 bits per heavy atom. The van der Waals surface area contributed by atoms with Gasteiger partial charge in [-0.05, 0) is 48.4 Å². The number of rotatable bonds is 4. The van der Waals surface area contributed by atoms with Gasteiger partial charge < -0.3 is 9.73 Å². The van der Waals surface area contributed by atoms with E-state index in [4.69, 9.17) is 16.0 Å². The van der Waals surface area contributed by atoms with Crippen LogP contribution in [0.4, 0.5) is 5.69 Å². The predicted molar refractivity (Wildman–Crippen MR) is 86.8 cm³/mol. The molecule has 0 spiro atoms. The third-order valence-corrected chi connectivity index (χ3v) is 3.68. The summed E-state index contributed by atoms with van der Waals surface area (Å²) < 4.78 is 5.60. The number of hydrogen-bond acceptors (Lipinski definition) is 2. The molecule has 1 atom stereocenters. The zero-order chi connectivity index (χ0) is 14.7. The van der Waals surface area contributed by atoms with Gasteiger partial charge in [-0.15, -0.1) is 0 Å². The number of nitrogens with one attached hydrogen (secondary N) is 1. The quantitative estimate of drug-likeness (QED) is 0.693. The van der Waals surface area contributed by atoms with Crippen LogP contribution in [-0.2, 0) is 0 Å². The van der Waals surface area contributed by atoms with E-state index >= 15 is 0 Å². The van der Waals surface area contributed by atoms with Crippen molar-refractivity contribution in [2.45, 2.75) is 13.0 Å². The van der Waals surface area contributed by atoms with Crippen LogP contribution in [0.15, 0.2) is 71.3 Å². The fourth-order valence-electron chi connectivity index (χ4n) is 2.36. The van der Waals surface area contributed by atoms with Crippen LogP contribution in [0.3, 0.4) is 0 Å². The summed E-state index contributed by atoms with van der Waals surface area (Å²) in [4.78, 5) is 0. The van der Waals surface area contributed by atoms with Crippen LogP contribution in [0.1, 0.15) is 22.9 Å². The van der Waals surface area contributed by atoms with Crippen molar-refractivity contribution in [3.8, 4) is 0 Å². The first-order chi connectivity index (χ1) is 10.2. The maximum absolute atomic E-state index is 6.02. The maximum Gasteiger partial charge on any atom is 0.130 e. The van der Waals surface area contributed by atoms with Gasteiger partial charge in [-0.1, -0.05) is 41.9 Å². The predicted octanol–water partition coefficient (Wildman–Crippen LogP) is 5.44. The van der Waals surface area contributed by atoms with Crippen molar-refractivity contribution in [3.05, 3.63) is 88.8 Å². The third kappa shape index (κ3) is 3.11. The molecule has 3 rings (SSSR count). The van der Waals surface area contributed by atoms with Crippen molar-refractivity contribution in [2.75, 3.05) is 5.32 Å². The Kier molecular flexibility index (Phi) is 3.98. The van der Waals surface area contributed by atoms with Crippen LogP contribution >= 0.6 is 11.6 Å². The number of aryl methyl sites for hydroxylation is 1. The van der Waals surface area contributed by atoms with Gasteiger partial charge in [-0.2, -0.15) is 0 Å². The minimum Gasteiger partial charge on any atom is -0.467 e. The number of hydrogen-bond donors (Lipinski definition) is 1. The SMILES string of the molecule is Cc1cc(Cl)ccc1NC(c1ccccc1)c1ccco1. The van der Waals surface area contributed by atoms with Crippen LogP contribution in [0.2, 0.25) is 5.02 Å². The van der Waals surface area contributed by atoms with Crippen molar-refractivity contribution < 1.29 is 4.42 Å². The van der Waals surface area contributed by atoms with Crippen molar-refractivity contribution >= 4 is 17.3 Å². The molecule has 0 bridgehead atoms. The second kappa shape index (κ2) is 6.06. The number of anilines is 1. The summed E-state index contributed by atoms with van der Waals surface area (Å²) in [6, 6.07) is 19.9. The first kappa shape index (κ1) is 13.8. The largest absolute Gasteiger partial charge is 0.467 e. The molecule has 0 radical (unpaired) electrons. The lowest BCUT2D eigenvalue weighted by Crippen LogP contribution is -2.12. The lowest BCUT2D eigenvalue weighted by Gasteiger charge is -2.20. The zero-order valence-electron chi connectivity index (χ0n) is 11.7. The first-order valence-electron chi connectivity index (χ1n) is 6.85. The van der Waals surface area contributed by atoms with E-state index in [0.717, 1.165) is 27.6 Å². The standard InChI is InChI=1S/C18H16ClNO/c1-13-12-15(19)9-10-16(13)20-18(17-8-5-11-21-17)14-6-3-2-4-7-14/h2-12,18,20H,1H3. The second-order valence-electron chi connectivity index (χ2n) is 4.96. The molecule has 3 aromatic rings. The van der Waals surface area contributed by atoms with Crippen LogP contribution in [0.5, 0.6) is 0 Å². The second-order valence-corrected chi connectivity index (χ2v) is 5.40.